The zero-order chi connectivity index (χ0) is 26.5. The summed E-state index contributed by atoms with van der Waals surface area (Å²) >= 11 is 1.59. The standard InChI is InChI=1S/C29H35N7O2S/c1-16-2-5-19(14-30-16)20-10-21(11-20)33-29-35-32-15-36(29)22-8-9-24-23(12-22)25(27(38)31-13-17-3-4-17)28(39-24)34-26(37)18-6-7-18/h2,5,14-15,17-18,20-22H,3-4,6-13H2,1H3,(H,31,38)(H,33,35)(H,34,37)/t20?,21?,22-/m0/s1. The van der Waals surface area contributed by atoms with Gasteiger partial charge in [-0.3, -0.25) is 19.1 Å². The van der Waals surface area contributed by atoms with Crippen LogP contribution in [0.3, 0.4) is 0 Å². The summed E-state index contributed by atoms with van der Waals surface area (Å²) in [5.41, 5.74) is 4.09. The van der Waals surface area contributed by atoms with E-state index < -0.39 is 0 Å². The highest BCUT2D eigenvalue weighted by Gasteiger charge is 2.36. The maximum atomic E-state index is 13.4. The number of carbonyl (C=O) groups excluding carboxylic acids is 2. The lowest BCUT2D eigenvalue weighted by Crippen LogP contribution is -2.35. The number of anilines is 2. The van der Waals surface area contributed by atoms with Gasteiger partial charge in [0.2, 0.25) is 11.9 Å². The molecule has 3 heterocycles. The molecule has 4 aliphatic rings. The topological polar surface area (TPSA) is 114 Å². The molecular weight excluding hydrogens is 510 g/mol. The number of aryl methyl sites for hydroxylation is 2. The molecule has 3 fully saturated rings. The smallest absolute Gasteiger partial charge is 0.254 e. The Morgan fingerprint density at radius 3 is 2.72 bits per heavy atom. The Balaban J connectivity index is 1.06. The second-order valence-electron chi connectivity index (χ2n) is 11.8. The number of fused-ring (bicyclic) bond motifs is 1. The number of aromatic nitrogens is 4. The van der Waals surface area contributed by atoms with Gasteiger partial charge >= 0.3 is 0 Å². The third kappa shape index (κ3) is 5.18. The Hall–Kier alpha value is -3.27. The van der Waals surface area contributed by atoms with E-state index in [0.717, 1.165) is 67.2 Å². The van der Waals surface area contributed by atoms with Crippen molar-refractivity contribution in [3.8, 4) is 0 Å². The summed E-state index contributed by atoms with van der Waals surface area (Å²) in [6.07, 6.45) is 12.7. The predicted octanol–water partition coefficient (Wildman–Crippen LogP) is 4.62. The molecular formula is C29H35N7O2S. The highest BCUT2D eigenvalue weighted by Crippen LogP contribution is 2.43. The van der Waals surface area contributed by atoms with Gasteiger partial charge in [0.1, 0.15) is 11.3 Å². The molecule has 0 unspecified atom stereocenters. The lowest BCUT2D eigenvalue weighted by molar-refractivity contribution is -0.117. The van der Waals surface area contributed by atoms with E-state index in [0.29, 0.717) is 30.0 Å². The molecule has 4 aliphatic carbocycles. The van der Waals surface area contributed by atoms with Crippen LogP contribution in [0.2, 0.25) is 0 Å². The summed E-state index contributed by atoms with van der Waals surface area (Å²) in [6, 6.07) is 4.78. The van der Waals surface area contributed by atoms with Crippen molar-refractivity contribution >= 4 is 34.1 Å². The number of nitrogens with zero attached hydrogens (tertiary/aromatic N) is 4. The van der Waals surface area contributed by atoms with Crippen molar-refractivity contribution in [2.75, 3.05) is 17.2 Å². The molecule has 2 amide bonds. The van der Waals surface area contributed by atoms with Crippen LogP contribution in [0.15, 0.2) is 24.7 Å². The lowest BCUT2D eigenvalue weighted by atomic mass is 9.76. The van der Waals surface area contributed by atoms with Gasteiger partial charge in [-0.05, 0) is 93.7 Å². The second-order valence-corrected chi connectivity index (χ2v) is 12.9. The number of nitrogens with one attached hydrogen (secondary N) is 3. The first-order chi connectivity index (χ1) is 19.0. The van der Waals surface area contributed by atoms with Gasteiger partial charge in [-0.1, -0.05) is 6.07 Å². The summed E-state index contributed by atoms with van der Waals surface area (Å²) in [4.78, 5) is 31.7. The molecule has 0 bridgehead atoms. The van der Waals surface area contributed by atoms with E-state index in [4.69, 9.17) is 0 Å². The molecule has 0 aliphatic heterocycles. The third-order valence-electron chi connectivity index (χ3n) is 8.74. The lowest BCUT2D eigenvalue weighted by Gasteiger charge is -2.36. The Morgan fingerprint density at radius 1 is 1.13 bits per heavy atom. The van der Waals surface area contributed by atoms with Crippen LogP contribution in [0.1, 0.15) is 89.0 Å². The van der Waals surface area contributed by atoms with Crippen molar-refractivity contribution < 1.29 is 9.59 Å². The average molecular weight is 546 g/mol. The molecule has 3 N–H and O–H groups in total. The molecule has 0 saturated heterocycles. The van der Waals surface area contributed by atoms with Crippen LogP contribution < -0.4 is 16.0 Å². The Labute approximate surface area is 232 Å². The zero-order valence-corrected chi connectivity index (χ0v) is 23.1. The fraction of sp³-hybridized carbons (Fsp3) is 0.552. The SMILES string of the molecule is Cc1ccc(C2CC(Nc3nncn3[C@H]3CCc4sc(NC(=O)C5CC5)c(C(=O)NCC5CC5)c4C3)C2)cn1. The normalized spacial score (nSPS) is 24.0. The van der Waals surface area contributed by atoms with Crippen molar-refractivity contribution in [3.63, 3.8) is 0 Å². The van der Waals surface area contributed by atoms with Gasteiger partial charge in [0, 0.05) is 41.3 Å². The van der Waals surface area contributed by atoms with Crippen molar-refractivity contribution in [2.24, 2.45) is 11.8 Å². The Bertz CT molecular complexity index is 1380. The minimum Gasteiger partial charge on any atom is -0.352 e. The first kappa shape index (κ1) is 24.7. The molecule has 0 spiro atoms. The van der Waals surface area contributed by atoms with E-state index in [2.05, 4.69) is 47.8 Å². The van der Waals surface area contributed by atoms with E-state index in [1.807, 2.05) is 19.4 Å². The average Bonchev–Trinajstić information content (AvgIpc) is 3.84. The van der Waals surface area contributed by atoms with Gasteiger partial charge < -0.3 is 16.0 Å². The molecule has 3 saturated carbocycles. The van der Waals surface area contributed by atoms with Gasteiger partial charge in [-0.25, -0.2) is 0 Å². The van der Waals surface area contributed by atoms with Crippen molar-refractivity contribution in [1.82, 2.24) is 25.1 Å². The summed E-state index contributed by atoms with van der Waals surface area (Å²) in [6.45, 7) is 2.73. The zero-order valence-electron chi connectivity index (χ0n) is 22.3. The molecule has 39 heavy (non-hydrogen) atoms. The Morgan fingerprint density at radius 2 is 1.97 bits per heavy atom. The van der Waals surface area contributed by atoms with Crippen LogP contribution in [0.5, 0.6) is 0 Å². The monoisotopic (exact) mass is 545 g/mol. The molecule has 9 nitrogen and oxygen atoms in total. The van der Waals surface area contributed by atoms with Gasteiger partial charge in [-0.2, -0.15) is 0 Å². The molecule has 204 valence electrons. The number of pyridine rings is 1. The van der Waals surface area contributed by atoms with Crippen LogP contribution in [0, 0.1) is 18.8 Å². The van der Waals surface area contributed by atoms with Crippen LogP contribution in [0.25, 0.3) is 0 Å². The van der Waals surface area contributed by atoms with Gasteiger partial charge in [0.25, 0.3) is 5.91 Å². The van der Waals surface area contributed by atoms with E-state index in [1.165, 1.54) is 23.3 Å². The highest BCUT2D eigenvalue weighted by atomic mass is 32.1. The van der Waals surface area contributed by atoms with Crippen LogP contribution in [-0.2, 0) is 17.6 Å². The molecule has 10 heteroatoms. The molecule has 3 aromatic heterocycles. The van der Waals surface area contributed by atoms with Crippen molar-refractivity contribution in [3.05, 3.63) is 51.9 Å². The second kappa shape index (κ2) is 10.0. The van der Waals surface area contributed by atoms with Gasteiger partial charge in [-0.15, -0.1) is 21.5 Å². The van der Waals surface area contributed by atoms with E-state index in [1.54, 1.807) is 11.3 Å². The summed E-state index contributed by atoms with van der Waals surface area (Å²) in [5.74, 6) is 2.01. The van der Waals surface area contributed by atoms with Gasteiger partial charge in [0.15, 0.2) is 0 Å². The number of carbonyl (C=O) groups is 2. The maximum Gasteiger partial charge on any atom is 0.254 e. The fourth-order valence-corrected chi connectivity index (χ4v) is 7.11. The van der Waals surface area contributed by atoms with E-state index >= 15 is 0 Å². The summed E-state index contributed by atoms with van der Waals surface area (Å²) in [5, 5.41) is 19.3. The largest absolute Gasteiger partial charge is 0.352 e. The Kier molecular flexibility index (Phi) is 6.37. The maximum absolute atomic E-state index is 13.4. The third-order valence-corrected chi connectivity index (χ3v) is 9.95. The number of rotatable bonds is 9. The first-order valence-corrected chi connectivity index (χ1v) is 15.2. The number of thiophene rings is 1. The quantitative estimate of drug-likeness (QED) is 0.362. The number of amides is 2. The molecule has 7 rings (SSSR count). The summed E-state index contributed by atoms with van der Waals surface area (Å²) < 4.78 is 2.15. The molecule has 1 atom stereocenters. The van der Waals surface area contributed by atoms with Crippen molar-refractivity contribution in [1.29, 1.82) is 0 Å². The van der Waals surface area contributed by atoms with Crippen molar-refractivity contribution in [2.45, 2.75) is 82.7 Å². The number of hydrogen-bond acceptors (Lipinski definition) is 7. The van der Waals surface area contributed by atoms with Crippen LogP contribution in [0.4, 0.5) is 10.9 Å². The molecule has 0 aromatic carbocycles. The minimum atomic E-state index is -0.0562. The fourth-order valence-electron chi connectivity index (χ4n) is 5.86. The molecule has 0 radical (unpaired) electrons. The van der Waals surface area contributed by atoms with Crippen LogP contribution >= 0.6 is 11.3 Å². The van der Waals surface area contributed by atoms with E-state index in [-0.39, 0.29) is 23.8 Å². The number of hydrogen-bond donors (Lipinski definition) is 3. The van der Waals surface area contributed by atoms with Gasteiger partial charge in [0.05, 0.1) is 5.56 Å². The molecule has 3 aromatic rings. The highest BCUT2D eigenvalue weighted by molar-refractivity contribution is 7.17. The summed E-state index contributed by atoms with van der Waals surface area (Å²) in [7, 11) is 0. The van der Waals surface area contributed by atoms with Crippen LogP contribution in [-0.4, -0.2) is 44.1 Å². The first-order valence-electron chi connectivity index (χ1n) is 14.3. The minimum absolute atomic E-state index is 0.0481. The van der Waals surface area contributed by atoms with E-state index in [9.17, 15) is 9.59 Å². The predicted molar refractivity (Wildman–Crippen MR) is 150 cm³/mol.